The van der Waals surface area contributed by atoms with Gasteiger partial charge in [-0.25, -0.2) is 4.79 Å². The van der Waals surface area contributed by atoms with Crippen LogP contribution in [0.5, 0.6) is 5.75 Å². The van der Waals surface area contributed by atoms with Crippen molar-refractivity contribution in [2.24, 2.45) is 0 Å². The number of aromatic hydroxyl groups is 1. The smallest absolute Gasteiger partial charge is 0.351 e. The summed E-state index contributed by atoms with van der Waals surface area (Å²) in [5.74, 6) is -0.690. The highest BCUT2D eigenvalue weighted by atomic mass is 16.4. The highest BCUT2D eigenvalue weighted by molar-refractivity contribution is 6.08. The number of rotatable bonds is 8. The second-order valence-corrected chi connectivity index (χ2v) is 6.18. The number of carbonyl (C=O) groups excluding carboxylic acids is 1. The monoisotopic (exact) mass is 355 g/mol. The van der Waals surface area contributed by atoms with Gasteiger partial charge in [-0.1, -0.05) is 32.1 Å². The summed E-state index contributed by atoms with van der Waals surface area (Å²) >= 11 is 0. The van der Waals surface area contributed by atoms with Gasteiger partial charge in [0.25, 0.3) is 0 Å². The molecule has 1 aromatic heterocycles. The van der Waals surface area contributed by atoms with Crippen molar-refractivity contribution in [2.45, 2.75) is 33.6 Å². The molecular weight excluding hydrogens is 330 g/mol. The normalized spacial score (nSPS) is 11.0. The lowest BCUT2D eigenvalue weighted by molar-refractivity contribution is 0.104. The van der Waals surface area contributed by atoms with E-state index in [2.05, 4.69) is 18.7 Å². The quantitative estimate of drug-likeness (QED) is 0.568. The van der Waals surface area contributed by atoms with Gasteiger partial charge < -0.3 is 14.4 Å². The van der Waals surface area contributed by atoms with Crippen LogP contribution in [0.1, 0.15) is 48.4 Å². The molecule has 1 aromatic carbocycles. The number of hydrogen-bond acceptors (Lipinski definition) is 5. The molecule has 0 fully saturated rings. The summed E-state index contributed by atoms with van der Waals surface area (Å²) in [5, 5.41) is 9.82. The first-order valence-corrected chi connectivity index (χ1v) is 8.87. The van der Waals surface area contributed by atoms with E-state index in [4.69, 9.17) is 4.42 Å². The van der Waals surface area contributed by atoms with Crippen LogP contribution in [0.2, 0.25) is 0 Å². The van der Waals surface area contributed by atoms with Gasteiger partial charge >= 0.3 is 5.63 Å². The van der Waals surface area contributed by atoms with Gasteiger partial charge in [0.15, 0.2) is 5.78 Å². The van der Waals surface area contributed by atoms with Crippen LogP contribution in [0.4, 0.5) is 5.69 Å². The molecule has 1 heterocycles. The molecule has 0 atom stereocenters. The Morgan fingerprint density at radius 3 is 2.31 bits per heavy atom. The number of ketones is 1. The van der Waals surface area contributed by atoms with Crippen molar-refractivity contribution >= 4 is 17.5 Å². The molecule has 5 nitrogen and oxygen atoms in total. The molecule has 0 saturated carbocycles. The molecule has 1 N–H and O–H groups in total. The van der Waals surface area contributed by atoms with Gasteiger partial charge in [-0.3, -0.25) is 4.79 Å². The third-order valence-electron chi connectivity index (χ3n) is 3.97. The maximum atomic E-state index is 12.2. The zero-order valence-corrected chi connectivity index (χ0v) is 15.5. The number of carbonyl (C=O) groups is 1. The summed E-state index contributed by atoms with van der Waals surface area (Å²) < 4.78 is 4.87. The summed E-state index contributed by atoms with van der Waals surface area (Å²) in [6.07, 6.45) is 5.05. The second-order valence-electron chi connectivity index (χ2n) is 6.18. The zero-order valence-electron chi connectivity index (χ0n) is 15.5. The minimum atomic E-state index is -0.831. The first-order valence-electron chi connectivity index (χ1n) is 8.87. The van der Waals surface area contributed by atoms with Crippen molar-refractivity contribution in [2.75, 3.05) is 18.0 Å². The Labute approximate surface area is 153 Å². The second kappa shape index (κ2) is 9.04. The molecule has 0 aliphatic carbocycles. The van der Waals surface area contributed by atoms with Crippen molar-refractivity contribution in [1.82, 2.24) is 0 Å². The van der Waals surface area contributed by atoms with Gasteiger partial charge in [0, 0.05) is 24.8 Å². The van der Waals surface area contributed by atoms with Crippen LogP contribution in [0, 0.1) is 6.92 Å². The Hall–Kier alpha value is -2.82. The summed E-state index contributed by atoms with van der Waals surface area (Å²) in [6, 6.07) is 9.15. The topological polar surface area (TPSA) is 70.8 Å². The highest BCUT2D eigenvalue weighted by Gasteiger charge is 2.15. The predicted molar refractivity (Wildman–Crippen MR) is 104 cm³/mol. The van der Waals surface area contributed by atoms with Gasteiger partial charge in [-0.15, -0.1) is 0 Å². The van der Waals surface area contributed by atoms with E-state index >= 15 is 0 Å². The molecule has 0 aliphatic heterocycles. The minimum absolute atomic E-state index is 0.257. The van der Waals surface area contributed by atoms with E-state index in [1.54, 1.807) is 6.08 Å². The Morgan fingerprint density at radius 2 is 1.77 bits per heavy atom. The number of anilines is 1. The van der Waals surface area contributed by atoms with E-state index in [0.29, 0.717) is 0 Å². The van der Waals surface area contributed by atoms with Gasteiger partial charge in [0.1, 0.15) is 17.1 Å². The molecule has 138 valence electrons. The van der Waals surface area contributed by atoms with Crippen molar-refractivity contribution in [3.05, 3.63) is 63.7 Å². The average molecular weight is 355 g/mol. The Morgan fingerprint density at radius 1 is 1.15 bits per heavy atom. The Balaban J connectivity index is 2.16. The molecular formula is C21H25NO4. The summed E-state index contributed by atoms with van der Waals surface area (Å²) in [4.78, 5) is 26.3. The lowest BCUT2D eigenvalue weighted by Gasteiger charge is -2.23. The molecule has 0 amide bonds. The molecule has 26 heavy (non-hydrogen) atoms. The van der Waals surface area contributed by atoms with E-state index in [1.807, 2.05) is 24.3 Å². The highest BCUT2D eigenvalue weighted by Crippen LogP contribution is 2.18. The van der Waals surface area contributed by atoms with Crippen LogP contribution in [0.25, 0.3) is 6.08 Å². The maximum absolute atomic E-state index is 12.2. The molecule has 5 heteroatoms. The summed E-state index contributed by atoms with van der Waals surface area (Å²) in [7, 11) is 0. The third kappa shape index (κ3) is 4.85. The van der Waals surface area contributed by atoms with Crippen LogP contribution < -0.4 is 10.5 Å². The van der Waals surface area contributed by atoms with Crippen LogP contribution in [-0.2, 0) is 0 Å². The van der Waals surface area contributed by atoms with E-state index in [1.165, 1.54) is 19.1 Å². The largest absolute Gasteiger partial charge is 0.507 e. The molecule has 0 spiro atoms. The maximum Gasteiger partial charge on any atom is 0.351 e. The van der Waals surface area contributed by atoms with Crippen LogP contribution in [0.15, 0.2) is 45.6 Å². The number of allylic oxidation sites excluding steroid dienone is 1. The predicted octanol–water partition coefficient (Wildman–Crippen LogP) is 4.18. The lowest BCUT2D eigenvalue weighted by atomic mass is 10.1. The first-order chi connectivity index (χ1) is 12.5. The standard InChI is InChI=1S/C21H25NO4/c1-4-12-22(13-5-2)17-9-6-16(7-10-17)8-11-18(23)20-19(24)14-15(3)26-21(20)25/h6-11,14,24H,4-5,12-13H2,1-3H3/b11-8+. The fourth-order valence-corrected chi connectivity index (χ4v) is 2.78. The molecule has 0 bridgehead atoms. The van der Waals surface area contributed by atoms with Gasteiger partial charge in [-0.05, 0) is 43.5 Å². The van der Waals surface area contributed by atoms with Crippen molar-refractivity contribution in [3.8, 4) is 5.75 Å². The zero-order chi connectivity index (χ0) is 19.1. The van der Waals surface area contributed by atoms with E-state index in [0.717, 1.165) is 37.2 Å². The Kier molecular flexibility index (Phi) is 6.78. The fraction of sp³-hybridized carbons (Fsp3) is 0.333. The number of benzene rings is 1. The summed E-state index contributed by atoms with van der Waals surface area (Å²) in [5.41, 5.74) is 0.808. The van der Waals surface area contributed by atoms with E-state index < -0.39 is 11.4 Å². The minimum Gasteiger partial charge on any atom is -0.507 e. The SMILES string of the molecule is CCCN(CCC)c1ccc(/C=C/C(=O)c2c(O)cc(C)oc2=O)cc1. The molecule has 0 radical (unpaired) electrons. The number of aryl methyl sites for hydroxylation is 1. The lowest BCUT2D eigenvalue weighted by Crippen LogP contribution is -2.24. The van der Waals surface area contributed by atoms with Crippen molar-refractivity contribution in [1.29, 1.82) is 0 Å². The summed E-state index contributed by atoms with van der Waals surface area (Å²) in [6.45, 7) is 7.85. The first kappa shape index (κ1) is 19.5. The number of hydrogen-bond donors (Lipinski definition) is 1. The van der Waals surface area contributed by atoms with Gasteiger partial charge in [0.05, 0.1) is 0 Å². The van der Waals surface area contributed by atoms with Crippen LogP contribution >= 0.6 is 0 Å². The van der Waals surface area contributed by atoms with Crippen molar-refractivity contribution in [3.63, 3.8) is 0 Å². The molecule has 0 unspecified atom stereocenters. The van der Waals surface area contributed by atoms with E-state index in [9.17, 15) is 14.7 Å². The number of nitrogens with zero attached hydrogens (tertiary/aromatic N) is 1. The molecule has 0 saturated heterocycles. The molecule has 0 aliphatic rings. The van der Waals surface area contributed by atoms with Crippen molar-refractivity contribution < 1.29 is 14.3 Å². The van der Waals surface area contributed by atoms with Gasteiger partial charge in [0.2, 0.25) is 0 Å². The molecule has 2 rings (SSSR count). The Bertz CT molecular complexity index is 828. The van der Waals surface area contributed by atoms with Crippen LogP contribution in [-0.4, -0.2) is 24.0 Å². The third-order valence-corrected chi connectivity index (χ3v) is 3.97. The van der Waals surface area contributed by atoms with E-state index in [-0.39, 0.29) is 17.1 Å². The van der Waals surface area contributed by atoms with Gasteiger partial charge in [-0.2, -0.15) is 0 Å². The molecule has 2 aromatic rings. The fourth-order valence-electron chi connectivity index (χ4n) is 2.78. The average Bonchev–Trinajstić information content (AvgIpc) is 2.59. The van der Waals surface area contributed by atoms with Crippen LogP contribution in [0.3, 0.4) is 0 Å².